The minimum Gasteiger partial charge on any atom is -0.353 e. The number of rotatable bonds is 4. The van der Waals surface area contributed by atoms with E-state index in [0.29, 0.717) is 11.6 Å². The number of carbonyl (C=O) groups is 2. The second-order valence-electron chi connectivity index (χ2n) is 5.66. The third-order valence-corrected chi connectivity index (χ3v) is 4.37. The summed E-state index contributed by atoms with van der Waals surface area (Å²) in [6.07, 6.45) is 1.14. The maximum atomic E-state index is 12.1. The molecule has 0 radical (unpaired) electrons. The van der Waals surface area contributed by atoms with E-state index in [9.17, 15) is 9.59 Å². The van der Waals surface area contributed by atoms with Crippen LogP contribution in [0.15, 0.2) is 18.2 Å². The standard InChI is InChI=1S/C16H21ClN2O2/c1-4-11(3)18-16(21)12-7-15(20)19(9-12)13-6-5-10(2)14(17)8-13/h5-6,8,11-12H,4,7,9H2,1-3H3,(H,18,21)/t11-,12-/m0/s1. The van der Waals surface area contributed by atoms with Gasteiger partial charge in [0.1, 0.15) is 0 Å². The van der Waals surface area contributed by atoms with E-state index in [1.165, 1.54) is 0 Å². The van der Waals surface area contributed by atoms with Crippen molar-refractivity contribution >= 4 is 29.1 Å². The van der Waals surface area contributed by atoms with Crippen molar-refractivity contribution in [2.24, 2.45) is 5.92 Å². The zero-order chi connectivity index (χ0) is 15.6. The van der Waals surface area contributed by atoms with Gasteiger partial charge in [-0.3, -0.25) is 9.59 Å². The highest BCUT2D eigenvalue weighted by Gasteiger charge is 2.35. The number of benzene rings is 1. The van der Waals surface area contributed by atoms with Crippen molar-refractivity contribution in [1.29, 1.82) is 0 Å². The molecule has 0 aliphatic carbocycles. The molecule has 0 aromatic heterocycles. The number of halogens is 1. The van der Waals surface area contributed by atoms with Gasteiger partial charge in [0.05, 0.1) is 5.92 Å². The predicted molar refractivity (Wildman–Crippen MR) is 84.5 cm³/mol. The van der Waals surface area contributed by atoms with E-state index in [-0.39, 0.29) is 30.2 Å². The monoisotopic (exact) mass is 308 g/mol. The van der Waals surface area contributed by atoms with Crippen LogP contribution in [0.25, 0.3) is 0 Å². The van der Waals surface area contributed by atoms with Gasteiger partial charge in [-0.15, -0.1) is 0 Å². The maximum Gasteiger partial charge on any atom is 0.227 e. The van der Waals surface area contributed by atoms with Gasteiger partial charge in [-0.1, -0.05) is 24.6 Å². The topological polar surface area (TPSA) is 49.4 Å². The molecule has 1 aliphatic heterocycles. The van der Waals surface area contributed by atoms with Crippen molar-refractivity contribution in [3.8, 4) is 0 Å². The Bertz CT molecular complexity index is 559. The van der Waals surface area contributed by atoms with Gasteiger partial charge in [-0.25, -0.2) is 0 Å². The van der Waals surface area contributed by atoms with Gasteiger partial charge in [0.2, 0.25) is 11.8 Å². The summed E-state index contributed by atoms with van der Waals surface area (Å²) in [5, 5.41) is 3.57. The molecule has 1 heterocycles. The lowest BCUT2D eigenvalue weighted by molar-refractivity contribution is -0.126. The fourth-order valence-electron chi connectivity index (χ4n) is 2.35. The van der Waals surface area contributed by atoms with E-state index < -0.39 is 0 Å². The molecule has 1 aromatic carbocycles. The van der Waals surface area contributed by atoms with Crippen LogP contribution < -0.4 is 10.2 Å². The molecule has 2 atom stereocenters. The van der Waals surface area contributed by atoms with Gasteiger partial charge in [-0.05, 0) is 38.0 Å². The number of hydrogen-bond donors (Lipinski definition) is 1. The van der Waals surface area contributed by atoms with Gasteiger partial charge in [0.15, 0.2) is 0 Å². The summed E-state index contributed by atoms with van der Waals surface area (Å²) in [5.41, 5.74) is 1.73. The summed E-state index contributed by atoms with van der Waals surface area (Å²) < 4.78 is 0. The Balaban J connectivity index is 2.09. The second kappa shape index (κ2) is 6.48. The predicted octanol–water partition coefficient (Wildman–Crippen LogP) is 2.92. The third kappa shape index (κ3) is 3.56. The maximum absolute atomic E-state index is 12.1. The molecule has 0 unspecified atom stereocenters. The molecule has 0 spiro atoms. The molecule has 2 rings (SSSR count). The van der Waals surface area contributed by atoms with Crippen LogP contribution in [-0.2, 0) is 9.59 Å². The summed E-state index contributed by atoms with van der Waals surface area (Å²) in [4.78, 5) is 25.9. The Morgan fingerprint density at radius 1 is 1.52 bits per heavy atom. The first-order valence-electron chi connectivity index (χ1n) is 7.29. The van der Waals surface area contributed by atoms with Crippen LogP contribution in [0.1, 0.15) is 32.3 Å². The lowest BCUT2D eigenvalue weighted by Gasteiger charge is -2.18. The van der Waals surface area contributed by atoms with E-state index in [1.807, 2.05) is 32.9 Å². The quantitative estimate of drug-likeness (QED) is 0.929. The molecule has 2 amide bonds. The second-order valence-corrected chi connectivity index (χ2v) is 6.06. The minimum atomic E-state index is -0.286. The number of anilines is 1. The number of nitrogens with one attached hydrogen (secondary N) is 1. The molecule has 5 heteroatoms. The zero-order valence-corrected chi connectivity index (χ0v) is 13.4. The molecular weight excluding hydrogens is 288 g/mol. The number of amides is 2. The first-order chi connectivity index (χ1) is 9.92. The lowest BCUT2D eigenvalue weighted by Crippen LogP contribution is -2.38. The summed E-state index contributed by atoms with van der Waals surface area (Å²) in [5.74, 6) is -0.357. The fraction of sp³-hybridized carbons (Fsp3) is 0.500. The van der Waals surface area contributed by atoms with Crippen molar-refractivity contribution in [1.82, 2.24) is 5.32 Å². The third-order valence-electron chi connectivity index (χ3n) is 3.96. The summed E-state index contributed by atoms with van der Waals surface area (Å²) in [6.45, 7) is 6.32. The normalized spacial score (nSPS) is 19.7. The van der Waals surface area contributed by atoms with Crippen LogP contribution >= 0.6 is 11.6 Å². The van der Waals surface area contributed by atoms with Crippen molar-refractivity contribution in [3.63, 3.8) is 0 Å². The Morgan fingerprint density at radius 2 is 2.24 bits per heavy atom. The highest BCUT2D eigenvalue weighted by Crippen LogP contribution is 2.28. The Hall–Kier alpha value is -1.55. The molecule has 1 aliphatic rings. The van der Waals surface area contributed by atoms with Crippen molar-refractivity contribution < 1.29 is 9.59 Å². The Kier molecular flexibility index (Phi) is 4.88. The first-order valence-corrected chi connectivity index (χ1v) is 7.67. The van der Waals surface area contributed by atoms with E-state index in [4.69, 9.17) is 11.6 Å². The molecule has 114 valence electrons. The minimum absolute atomic E-state index is 0.0285. The lowest BCUT2D eigenvalue weighted by atomic mass is 10.1. The summed E-state index contributed by atoms with van der Waals surface area (Å²) in [7, 11) is 0. The van der Waals surface area contributed by atoms with Crippen LogP contribution in [-0.4, -0.2) is 24.4 Å². The van der Waals surface area contributed by atoms with Gasteiger partial charge < -0.3 is 10.2 Å². The van der Waals surface area contributed by atoms with E-state index in [2.05, 4.69) is 5.32 Å². The molecule has 4 nitrogen and oxygen atoms in total. The van der Waals surface area contributed by atoms with Gasteiger partial charge in [-0.2, -0.15) is 0 Å². The van der Waals surface area contributed by atoms with Gasteiger partial charge in [0.25, 0.3) is 0 Å². The first kappa shape index (κ1) is 15.8. The molecule has 1 saturated heterocycles. The Labute approximate surface area is 130 Å². The molecular formula is C16H21ClN2O2. The van der Waals surface area contributed by atoms with Crippen molar-refractivity contribution in [2.75, 3.05) is 11.4 Å². The highest BCUT2D eigenvalue weighted by atomic mass is 35.5. The molecule has 1 aromatic rings. The fourth-order valence-corrected chi connectivity index (χ4v) is 2.52. The van der Waals surface area contributed by atoms with Crippen LogP contribution in [0.2, 0.25) is 5.02 Å². The zero-order valence-electron chi connectivity index (χ0n) is 12.6. The molecule has 0 bridgehead atoms. The molecule has 0 saturated carbocycles. The van der Waals surface area contributed by atoms with Crippen molar-refractivity contribution in [3.05, 3.63) is 28.8 Å². The SMILES string of the molecule is CC[C@H](C)NC(=O)[C@H]1CC(=O)N(c2ccc(C)c(Cl)c2)C1. The molecule has 21 heavy (non-hydrogen) atoms. The molecule has 1 fully saturated rings. The number of aryl methyl sites for hydroxylation is 1. The number of hydrogen-bond acceptors (Lipinski definition) is 2. The summed E-state index contributed by atoms with van der Waals surface area (Å²) >= 11 is 6.11. The average molecular weight is 309 g/mol. The largest absolute Gasteiger partial charge is 0.353 e. The van der Waals surface area contributed by atoms with Crippen LogP contribution in [0.4, 0.5) is 5.69 Å². The van der Waals surface area contributed by atoms with Crippen LogP contribution in [0.3, 0.4) is 0 Å². The summed E-state index contributed by atoms with van der Waals surface area (Å²) in [6, 6.07) is 5.67. The van der Waals surface area contributed by atoms with Crippen LogP contribution in [0.5, 0.6) is 0 Å². The van der Waals surface area contributed by atoms with Gasteiger partial charge >= 0.3 is 0 Å². The Morgan fingerprint density at radius 3 is 2.86 bits per heavy atom. The smallest absolute Gasteiger partial charge is 0.227 e. The van der Waals surface area contributed by atoms with Crippen LogP contribution in [0, 0.1) is 12.8 Å². The number of nitrogens with zero attached hydrogens (tertiary/aromatic N) is 1. The van der Waals surface area contributed by atoms with E-state index in [1.54, 1.807) is 11.0 Å². The van der Waals surface area contributed by atoms with E-state index >= 15 is 0 Å². The van der Waals surface area contributed by atoms with Crippen molar-refractivity contribution in [2.45, 2.75) is 39.7 Å². The number of carbonyl (C=O) groups excluding carboxylic acids is 2. The van der Waals surface area contributed by atoms with E-state index in [0.717, 1.165) is 17.7 Å². The average Bonchev–Trinajstić information content (AvgIpc) is 2.84. The molecule has 1 N–H and O–H groups in total. The van der Waals surface area contributed by atoms with Gasteiger partial charge in [0, 0.05) is 29.7 Å². The highest BCUT2D eigenvalue weighted by molar-refractivity contribution is 6.31.